The Hall–Kier alpha value is -1.68. The van der Waals surface area contributed by atoms with Crippen molar-refractivity contribution in [3.05, 3.63) is 36.5 Å². The molecule has 0 aromatic rings. The number of nitrogens with two attached hydrogens (primary N) is 1. The number of hydrogen-bond donors (Lipinski definition) is 2. The molecule has 0 rings (SSSR count). The van der Waals surface area contributed by atoms with E-state index in [0.29, 0.717) is 5.57 Å². The molecule has 15 heavy (non-hydrogen) atoms. The number of aliphatic carboxylic acids is 1. The van der Waals surface area contributed by atoms with Gasteiger partial charge in [-0.05, 0) is 25.0 Å². The molecule has 4 nitrogen and oxygen atoms in total. The van der Waals surface area contributed by atoms with Crippen LogP contribution in [0.4, 0.5) is 0 Å². The predicted molar refractivity (Wildman–Crippen MR) is 58.3 cm³/mol. The first-order chi connectivity index (χ1) is 6.97. The largest absolute Gasteiger partial charge is 0.480 e. The highest BCUT2D eigenvalue weighted by molar-refractivity contribution is 5.87. The van der Waals surface area contributed by atoms with Crippen molar-refractivity contribution < 1.29 is 14.7 Å². The van der Waals surface area contributed by atoms with Gasteiger partial charge in [-0.15, -0.1) is 0 Å². The molecule has 0 radical (unpaired) electrons. The maximum atomic E-state index is 10.6. The molecule has 0 fully saturated rings. The molecule has 0 spiro atoms. The van der Waals surface area contributed by atoms with Crippen LogP contribution in [0.25, 0.3) is 0 Å². The Bertz CT molecular complexity index is 316. The van der Waals surface area contributed by atoms with E-state index in [1.54, 1.807) is 12.2 Å². The number of carboxylic acids is 1. The van der Waals surface area contributed by atoms with Crippen LogP contribution < -0.4 is 5.73 Å². The van der Waals surface area contributed by atoms with Crippen LogP contribution in [0.15, 0.2) is 36.5 Å². The van der Waals surface area contributed by atoms with Gasteiger partial charge >= 0.3 is 5.97 Å². The number of carbonyl (C=O) groups is 2. The normalized spacial score (nSPS) is 13.9. The molecule has 0 saturated heterocycles. The summed E-state index contributed by atoms with van der Waals surface area (Å²) in [4.78, 5) is 21.1. The molecule has 0 bridgehead atoms. The van der Waals surface area contributed by atoms with Crippen molar-refractivity contribution in [1.29, 1.82) is 0 Å². The van der Waals surface area contributed by atoms with E-state index in [2.05, 4.69) is 6.58 Å². The summed E-state index contributed by atoms with van der Waals surface area (Å²) in [5.41, 5.74) is 6.03. The molecule has 0 amide bonds. The smallest absolute Gasteiger partial charge is 0.320 e. The maximum Gasteiger partial charge on any atom is 0.320 e. The third-order valence-electron chi connectivity index (χ3n) is 1.68. The first-order valence-electron chi connectivity index (χ1n) is 4.46. The van der Waals surface area contributed by atoms with Crippen molar-refractivity contribution in [3.8, 4) is 0 Å². The Morgan fingerprint density at radius 1 is 1.53 bits per heavy atom. The van der Waals surface area contributed by atoms with E-state index in [-0.39, 0.29) is 12.2 Å². The van der Waals surface area contributed by atoms with Gasteiger partial charge in [0.2, 0.25) is 0 Å². The Balaban J connectivity index is 4.43. The highest BCUT2D eigenvalue weighted by Crippen LogP contribution is 2.05. The monoisotopic (exact) mass is 209 g/mol. The van der Waals surface area contributed by atoms with Gasteiger partial charge in [0, 0.05) is 0 Å². The number of carbonyl (C=O) groups excluding carboxylic acids is 1. The number of allylic oxidation sites excluding steroid dienone is 4. The molecule has 0 aliphatic rings. The van der Waals surface area contributed by atoms with Crippen molar-refractivity contribution >= 4 is 11.8 Å². The number of rotatable bonds is 6. The maximum absolute atomic E-state index is 10.6. The molecule has 0 heterocycles. The Labute approximate surface area is 88.8 Å². The van der Waals surface area contributed by atoms with Crippen LogP contribution in [0.2, 0.25) is 0 Å². The van der Waals surface area contributed by atoms with Crippen molar-refractivity contribution in [2.75, 3.05) is 0 Å². The molecule has 82 valence electrons. The van der Waals surface area contributed by atoms with Gasteiger partial charge in [-0.25, -0.2) is 0 Å². The molecule has 0 aromatic carbocycles. The van der Waals surface area contributed by atoms with Crippen molar-refractivity contribution in [2.24, 2.45) is 5.73 Å². The number of carboxylic acid groups (broad SMARTS) is 1. The lowest BCUT2D eigenvalue weighted by molar-refractivity contribution is -0.138. The van der Waals surface area contributed by atoms with Crippen LogP contribution in [0.5, 0.6) is 0 Å². The van der Waals surface area contributed by atoms with Gasteiger partial charge in [0.1, 0.15) is 6.04 Å². The molecule has 1 atom stereocenters. The van der Waals surface area contributed by atoms with Crippen LogP contribution >= 0.6 is 0 Å². The molecule has 0 aliphatic carbocycles. The van der Waals surface area contributed by atoms with Crippen LogP contribution in [0.1, 0.15) is 13.3 Å². The first kappa shape index (κ1) is 13.3. The zero-order valence-corrected chi connectivity index (χ0v) is 8.64. The van der Waals surface area contributed by atoms with E-state index >= 15 is 0 Å². The molecule has 3 N–H and O–H groups in total. The molecule has 0 saturated carbocycles. The van der Waals surface area contributed by atoms with E-state index < -0.39 is 12.0 Å². The average molecular weight is 209 g/mol. The SMILES string of the molecule is C=C/C(=C\C=C\C(C)=O)CC(N)C(=O)O. The topological polar surface area (TPSA) is 80.4 Å². The van der Waals surface area contributed by atoms with Crippen LogP contribution in [-0.4, -0.2) is 22.9 Å². The summed E-state index contributed by atoms with van der Waals surface area (Å²) < 4.78 is 0. The minimum atomic E-state index is -1.06. The molecular formula is C11H15NO3. The van der Waals surface area contributed by atoms with Crippen LogP contribution in [0.3, 0.4) is 0 Å². The zero-order valence-electron chi connectivity index (χ0n) is 8.64. The fourth-order valence-corrected chi connectivity index (χ4v) is 0.868. The van der Waals surface area contributed by atoms with Gasteiger partial charge in [0.15, 0.2) is 5.78 Å². The van der Waals surface area contributed by atoms with Crippen molar-refractivity contribution in [1.82, 2.24) is 0 Å². The highest BCUT2D eigenvalue weighted by Gasteiger charge is 2.11. The van der Waals surface area contributed by atoms with Gasteiger partial charge < -0.3 is 10.8 Å². The second-order valence-corrected chi connectivity index (χ2v) is 3.06. The fourth-order valence-electron chi connectivity index (χ4n) is 0.868. The van der Waals surface area contributed by atoms with Gasteiger partial charge in [0.05, 0.1) is 0 Å². The average Bonchev–Trinajstić information content (AvgIpc) is 2.15. The van der Waals surface area contributed by atoms with E-state index in [1.165, 1.54) is 19.1 Å². The summed E-state index contributed by atoms with van der Waals surface area (Å²) in [6, 6.07) is -0.944. The fraction of sp³-hybridized carbons (Fsp3) is 0.273. The van der Waals surface area contributed by atoms with E-state index in [4.69, 9.17) is 10.8 Å². The summed E-state index contributed by atoms with van der Waals surface area (Å²) >= 11 is 0. The molecule has 0 aromatic heterocycles. The first-order valence-corrected chi connectivity index (χ1v) is 4.46. The van der Waals surface area contributed by atoms with E-state index in [9.17, 15) is 9.59 Å². The van der Waals surface area contributed by atoms with Crippen molar-refractivity contribution in [3.63, 3.8) is 0 Å². The Morgan fingerprint density at radius 3 is 2.53 bits per heavy atom. The van der Waals surface area contributed by atoms with Gasteiger partial charge in [-0.2, -0.15) is 0 Å². The second-order valence-electron chi connectivity index (χ2n) is 3.06. The Morgan fingerprint density at radius 2 is 2.13 bits per heavy atom. The molecule has 4 heteroatoms. The van der Waals surface area contributed by atoms with Crippen LogP contribution in [0, 0.1) is 0 Å². The standard InChI is InChI=1S/C11H15NO3/c1-3-9(6-4-5-8(2)13)7-10(12)11(14)15/h3-6,10H,1,7,12H2,2H3,(H,14,15)/b5-4+,9-6+. The molecule has 1 unspecified atom stereocenters. The third kappa shape index (κ3) is 6.40. The van der Waals surface area contributed by atoms with E-state index in [0.717, 1.165) is 0 Å². The van der Waals surface area contributed by atoms with Crippen LogP contribution in [-0.2, 0) is 9.59 Å². The van der Waals surface area contributed by atoms with Gasteiger partial charge in [0.25, 0.3) is 0 Å². The lowest BCUT2D eigenvalue weighted by atomic mass is 10.1. The summed E-state index contributed by atoms with van der Waals surface area (Å²) in [5, 5.41) is 8.58. The second kappa shape index (κ2) is 6.73. The summed E-state index contributed by atoms with van der Waals surface area (Å²) in [7, 11) is 0. The summed E-state index contributed by atoms with van der Waals surface area (Å²) in [5.74, 6) is -1.13. The minimum absolute atomic E-state index is 0.0720. The molecule has 0 aliphatic heterocycles. The number of hydrogen-bond acceptors (Lipinski definition) is 3. The quantitative estimate of drug-likeness (QED) is 0.506. The highest BCUT2D eigenvalue weighted by atomic mass is 16.4. The van der Waals surface area contributed by atoms with Gasteiger partial charge in [-0.1, -0.05) is 24.8 Å². The number of ketones is 1. The van der Waals surface area contributed by atoms with Crippen molar-refractivity contribution in [2.45, 2.75) is 19.4 Å². The van der Waals surface area contributed by atoms with E-state index in [1.807, 2.05) is 0 Å². The summed E-state index contributed by atoms with van der Waals surface area (Å²) in [6.07, 6.45) is 6.27. The lowest BCUT2D eigenvalue weighted by Gasteiger charge is -2.05. The third-order valence-corrected chi connectivity index (χ3v) is 1.68. The predicted octanol–water partition coefficient (Wildman–Crippen LogP) is 1.05. The Kier molecular flexibility index (Phi) is 5.97. The molecular weight excluding hydrogens is 194 g/mol. The minimum Gasteiger partial charge on any atom is -0.480 e. The van der Waals surface area contributed by atoms with Gasteiger partial charge in [-0.3, -0.25) is 9.59 Å². The summed E-state index contributed by atoms with van der Waals surface area (Å²) in [6.45, 7) is 4.97. The lowest BCUT2D eigenvalue weighted by Crippen LogP contribution is -2.30. The zero-order chi connectivity index (χ0) is 11.8.